The lowest BCUT2D eigenvalue weighted by Crippen LogP contribution is -2.45. The number of carbonyl (C=O) groups excluding carboxylic acids is 3. The Morgan fingerprint density at radius 3 is 2.76 bits per heavy atom. The van der Waals surface area contributed by atoms with Crippen LogP contribution < -0.4 is 5.32 Å². The minimum Gasteiger partial charge on any atom is -0.452 e. The summed E-state index contributed by atoms with van der Waals surface area (Å²) in [4.78, 5) is 43.2. The molecular weight excluding hydrogens is 394 g/mol. The van der Waals surface area contributed by atoms with Crippen LogP contribution in [0.25, 0.3) is 0 Å². The number of pyridine rings is 1. The van der Waals surface area contributed by atoms with Gasteiger partial charge in [0.15, 0.2) is 6.10 Å². The second-order valence-corrected chi connectivity index (χ2v) is 8.65. The third kappa shape index (κ3) is 5.07. The second-order valence-electron chi connectivity index (χ2n) is 8.21. The highest BCUT2D eigenvalue weighted by molar-refractivity contribution is 6.30. The van der Waals surface area contributed by atoms with Crippen LogP contribution >= 0.6 is 11.6 Å². The molecule has 8 heteroatoms. The van der Waals surface area contributed by atoms with Gasteiger partial charge in [-0.2, -0.15) is 0 Å². The number of ether oxygens (including phenoxy) is 1. The molecule has 1 aliphatic carbocycles. The molecule has 0 radical (unpaired) electrons. The fraction of sp³-hybridized carbons (Fsp3) is 0.619. The van der Waals surface area contributed by atoms with Crippen LogP contribution in [-0.4, -0.2) is 46.4 Å². The van der Waals surface area contributed by atoms with Crippen LogP contribution in [0.3, 0.4) is 0 Å². The number of hydrogen-bond acceptors (Lipinski definition) is 5. The predicted molar refractivity (Wildman–Crippen MR) is 109 cm³/mol. The topological polar surface area (TPSA) is 88.6 Å². The Kier molecular flexibility index (Phi) is 6.77. The number of rotatable bonds is 5. The van der Waals surface area contributed by atoms with Crippen molar-refractivity contribution in [1.82, 2.24) is 9.88 Å². The third-order valence-corrected chi connectivity index (χ3v) is 6.42. The predicted octanol–water partition coefficient (Wildman–Crippen LogP) is 3.28. The van der Waals surface area contributed by atoms with E-state index in [9.17, 15) is 14.4 Å². The van der Waals surface area contributed by atoms with Crippen LogP contribution in [0.2, 0.25) is 5.02 Å². The number of amides is 2. The number of likely N-dealkylation sites (tertiary alicyclic amines) is 1. The number of nitrogens with zero attached hydrogens (tertiary/aromatic N) is 2. The molecule has 0 aromatic carbocycles. The molecule has 0 spiro atoms. The Hall–Kier alpha value is -2.15. The summed E-state index contributed by atoms with van der Waals surface area (Å²) in [7, 11) is 0. The summed E-state index contributed by atoms with van der Waals surface area (Å²) in [5, 5.41) is 3.04. The van der Waals surface area contributed by atoms with Crippen molar-refractivity contribution in [3.8, 4) is 0 Å². The van der Waals surface area contributed by atoms with E-state index in [1.807, 2.05) is 4.90 Å². The summed E-state index contributed by atoms with van der Waals surface area (Å²) in [5.74, 6) is -0.217. The van der Waals surface area contributed by atoms with Gasteiger partial charge in [0, 0.05) is 25.2 Å². The smallest absolute Gasteiger partial charge is 0.312 e. The molecule has 2 amide bonds. The summed E-state index contributed by atoms with van der Waals surface area (Å²) in [6.45, 7) is 6.28. The van der Waals surface area contributed by atoms with E-state index >= 15 is 0 Å². The average Bonchev–Trinajstić information content (AvgIpc) is 3.07. The van der Waals surface area contributed by atoms with Crippen molar-refractivity contribution in [3.05, 3.63) is 23.4 Å². The van der Waals surface area contributed by atoms with Crippen LogP contribution in [0.4, 0.5) is 5.82 Å². The minimum atomic E-state index is -0.988. The number of hydrogen-bond donors (Lipinski definition) is 1. The van der Waals surface area contributed by atoms with Crippen molar-refractivity contribution < 1.29 is 19.1 Å². The summed E-state index contributed by atoms with van der Waals surface area (Å²) < 4.78 is 5.34. The largest absolute Gasteiger partial charge is 0.452 e. The first-order chi connectivity index (χ1) is 13.8. The first-order valence-corrected chi connectivity index (χ1v) is 10.6. The number of anilines is 1. The van der Waals surface area contributed by atoms with Crippen molar-refractivity contribution in [1.29, 1.82) is 0 Å². The van der Waals surface area contributed by atoms with E-state index in [1.165, 1.54) is 19.5 Å². The monoisotopic (exact) mass is 421 g/mol. The fourth-order valence-electron chi connectivity index (χ4n) is 4.21. The van der Waals surface area contributed by atoms with Gasteiger partial charge in [0.1, 0.15) is 5.82 Å². The summed E-state index contributed by atoms with van der Waals surface area (Å²) >= 11 is 5.77. The van der Waals surface area contributed by atoms with Gasteiger partial charge >= 0.3 is 5.97 Å². The average molecular weight is 422 g/mol. The van der Waals surface area contributed by atoms with Gasteiger partial charge in [0.2, 0.25) is 5.91 Å². The van der Waals surface area contributed by atoms with Gasteiger partial charge in [-0.15, -0.1) is 0 Å². The van der Waals surface area contributed by atoms with Gasteiger partial charge in [-0.05, 0) is 37.3 Å². The Balaban J connectivity index is 1.54. The highest BCUT2D eigenvalue weighted by Crippen LogP contribution is 2.36. The van der Waals surface area contributed by atoms with Crippen LogP contribution in [0.1, 0.15) is 46.5 Å². The molecule has 1 aromatic heterocycles. The number of esters is 1. The van der Waals surface area contributed by atoms with Crippen LogP contribution in [-0.2, 0) is 19.1 Å². The van der Waals surface area contributed by atoms with Crippen molar-refractivity contribution in [2.24, 2.45) is 17.8 Å². The maximum Gasteiger partial charge on any atom is 0.312 e. The molecule has 1 N–H and O–H groups in total. The summed E-state index contributed by atoms with van der Waals surface area (Å²) in [6, 6.07) is 3.35. The Bertz CT molecular complexity index is 770. The van der Waals surface area contributed by atoms with Gasteiger partial charge in [0.25, 0.3) is 5.91 Å². The standard InChI is InChI=1S/C21H28ClN3O4/c1-12-5-4-6-17(13(12)2)25-11-15(9-19(25)26)21(28)29-14(3)20(27)24-18-8-7-16(22)10-23-18/h7-8,10,12-15,17H,4-6,9,11H2,1-3H3,(H,23,24,27)/t12-,13-,14+,15-,17+/m1/s1. The third-order valence-electron chi connectivity index (χ3n) is 6.20. The lowest BCUT2D eigenvalue weighted by molar-refractivity contribution is -0.157. The molecule has 2 heterocycles. The Labute approximate surface area is 176 Å². The van der Waals surface area contributed by atoms with Gasteiger partial charge in [-0.3, -0.25) is 14.4 Å². The van der Waals surface area contributed by atoms with Gasteiger partial charge < -0.3 is 15.0 Å². The van der Waals surface area contributed by atoms with Gasteiger partial charge in [-0.1, -0.05) is 38.3 Å². The van der Waals surface area contributed by atoms with Crippen LogP contribution in [0, 0.1) is 17.8 Å². The van der Waals surface area contributed by atoms with Crippen molar-refractivity contribution >= 4 is 35.2 Å². The van der Waals surface area contributed by atoms with E-state index in [2.05, 4.69) is 24.1 Å². The number of nitrogens with one attached hydrogen (secondary N) is 1. The molecule has 0 bridgehead atoms. The van der Waals surface area contributed by atoms with E-state index in [0.29, 0.717) is 29.2 Å². The van der Waals surface area contributed by atoms with Crippen molar-refractivity contribution in [3.63, 3.8) is 0 Å². The summed E-state index contributed by atoms with van der Waals surface area (Å²) in [5.41, 5.74) is 0. The van der Waals surface area contributed by atoms with E-state index in [0.717, 1.165) is 12.8 Å². The van der Waals surface area contributed by atoms with E-state index in [4.69, 9.17) is 16.3 Å². The lowest BCUT2D eigenvalue weighted by Gasteiger charge is -2.39. The highest BCUT2D eigenvalue weighted by atomic mass is 35.5. The first kappa shape index (κ1) is 21.6. The van der Waals surface area contributed by atoms with Crippen LogP contribution in [0.15, 0.2) is 18.3 Å². The van der Waals surface area contributed by atoms with E-state index < -0.39 is 23.9 Å². The molecule has 1 saturated carbocycles. The lowest BCUT2D eigenvalue weighted by atomic mass is 9.77. The van der Waals surface area contributed by atoms with Crippen LogP contribution in [0.5, 0.6) is 0 Å². The maximum atomic E-state index is 12.6. The SMILES string of the molecule is C[C@@H]1[C@H](C)CCC[C@@H]1N1C[C@H](C(=O)O[C@@H](C)C(=O)Nc2ccc(Cl)cn2)CC1=O. The molecule has 2 fully saturated rings. The number of halogens is 1. The maximum absolute atomic E-state index is 12.6. The molecular formula is C21H28ClN3O4. The fourth-order valence-corrected chi connectivity index (χ4v) is 4.32. The number of aromatic nitrogens is 1. The molecule has 3 rings (SSSR count). The Morgan fingerprint density at radius 1 is 1.31 bits per heavy atom. The summed E-state index contributed by atoms with van der Waals surface area (Å²) in [6.07, 6.45) is 3.83. The Morgan fingerprint density at radius 2 is 2.07 bits per heavy atom. The molecule has 1 aliphatic heterocycles. The van der Waals surface area contributed by atoms with Gasteiger partial charge in [0.05, 0.1) is 10.9 Å². The molecule has 1 aromatic rings. The molecule has 0 unspecified atom stereocenters. The molecule has 29 heavy (non-hydrogen) atoms. The van der Waals surface area contributed by atoms with Gasteiger partial charge in [-0.25, -0.2) is 4.98 Å². The quantitative estimate of drug-likeness (QED) is 0.737. The molecule has 1 saturated heterocycles. The second kappa shape index (κ2) is 9.11. The zero-order valence-corrected chi connectivity index (χ0v) is 17.8. The number of carbonyl (C=O) groups is 3. The zero-order valence-electron chi connectivity index (χ0n) is 17.1. The zero-order chi connectivity index (χ0) is 21.1. The molecule has 2 aliphatic rings. The van der Waals surface area contributed by atoms with Crippen molar-refractivity contribution in [2.75, 3.05) is 11.9 Å². The first-order valence-electron chi connectivity index (χ1n) is 10.2. The highest BCUT2D eigenvalue weighted by Gasteiger charge is 2.42. The molecule has 158 valence electrons. The van der Waals surface area contributed by atoms with E-state index in [1.54, 1.807) is 12.1 Å². The minimum absolute atomic E-state index is 0.000342. The molecule has 7 nitrogen and oxygen atoms in total. The molecule has 5 atom stereocenters. The normalized spacial score (nSPS) is 28.1. The van der Waals surface area contributed by atoms with E-state index in [-0.39, 0.29) is 18.4 Å². The van der Waals surface area contributed by atoms with Crippen molar-refractivity contribution in [2.45, 2.75) is 58.6 Å².